The molecule has 136 valence electrons. The van der Waals surface area contributed by atoms with Gasteiger partial charge in [0.05, 0.1) is 0 Å². The highest BCUT2D eigenvalue weighted by Gasteiger charge is 2.21. The van der Waals surface area contributed by atoms with Crippen LogP contribution in [0.15, 0.2) is 67.3 Å². The molecule has 0 heterocycles. The highest BCUT2D eigenvalue weighted by molar-refractivity contribution is 5.63. The minimum atomic E-state index is -0.804. The van der Waals surface area contributed by atoms with Crippen molar-refractivity contribution in [1.29, 1.82) is 0 Å². The second-order valence-corrected chi connectivity index (χ2v) is 7.21. The maximum absolute atomic E-state index is 13.4. The van der Waals surface area contributed by atoms with Gasteiger partial charge in [0.15, 0.2) is 11.6 Å². The lowest BCUT2D eigenvalue weighted by Crippen LogP contribution is -2.13. The summed E-state index contributed by atoms with van der Waals surface area (Å²) in [5, 5.41) is 0. The first-order valence-corrected chi connectivity index (χ1v) is 9.50. The fourth-order valence-corrected chi connectivity index (χ4v) is 3.93. The molecule has 2 aromatic carbocycles. The van der Waals surface area contributed by atoms with Gasteiger partial charge in [-0.3, -0.25) is 0 Å². The third-order valence-corrected chi connectivity index (χ3v) is 5.50. The molecule has 0 nitrogen and oxygen atoms in total. The lowest BCUT2D eigenvalue weighted by Gasteiger charge is -2.28. The maximum Gasteiger partial charge on any atom is 0.159 e. The Morgan fingerprint density at radius 1 is 0.885 bits per heavy atom. The summed E-state index contributed by atoms with van der Waals surface area (Å²) in [6, 6.07) is 12.4. The predicted octanol–water partition coefficient (Wildman–Crippen LogP) is 7.43. The smallest absolute Gasteiger partial charge is 0.159 e. The molecule has 0 aliphatic heterocycles. The topological polar surface area (TPSA) is 0 Å². The standard InChI is InChI=1S/C24H26F2/c1-2-3-4-5-6-18-7-9-19(10-8-18)20-11-13-21(14-12-20)22-15-16-23(25)24(26)17-22/h2-4,11-19H,1,5-10H2/b4-3+. The van der Waals surface area contributed by atoms with Gasteiger partial charge < -0.3 is 0 Å². The number of allylic oxidation sites excluding steroid dienone is 3. The van der Waals surface area contributed by atoms with Gasteiger partial charge in [-0.25, -0.2) is 8.78 Å². The molecule has 0 saturated heterocycles. The molecular formula is C24H26F2. The largest absolute Gasteiger partial charge is 0.204 e. The molecule has 1 aliphatic rings. The van der Waals surface area contributed by atoms with Crippen LogP contribution in [0.1, 0.15) is 50.0 Å². The molecule has 1 aliphatic carbocycles. The fourth-order valence-electron chi connectivity index (χ4n) is 3.93. The molecule has 0 bridgehead atoms. The molecule has 1 fully saturated rings. The maximum atomic E-state index is 13.4. The van der Waals surface area contributed by atoms with Crippen molar-refractivity contribution in [3.8, 4) is 11.1 Å². The molecule has 0 unspecified atom stereocenters. The Kier molecular flexibility index (Phi) is 6.38. The van der Waals surface area contributed by atoms with E-state index in [2.05, 4.69) is 24.8 Å². The van der Waals surface area contributed by atoms with Crippen molar-refractivity contribution in [3.05, 3.63) is 84.5 Å². The van der Waals surface area contributed by atoms with Crippen LogP contribution in [0.2, 0.25) is 0 Å². The van der Waals surface area contributed by atoms with E-state index in [1.807, 2.05) is 24.3 Å². The van der Waals surface area contributed by atoms with Crippen LogP contribution < -0.4 is 0 Å². The Morgan fingerprint density at radius 3 is 2.23 bits per heavy atom. The monoisotopic (exact) mass is 352 g/mol. The molecule has 26 heavy (non-hydrogen) atoms. The zero-order valence-corrected chi connectivity index (χ0v) is 15.1. The zero-order chi connectivity index (χ0) is 18.4. The van der Waals surface area contributed by atoms with Crippen molar-refractivity contribution >= 4 is 0 Å². The molecular weight excluding hydrogens is 326 g/mol. The summed E-state index contributed by atoms with van der Waals surface area (Å²) in [6.45, 7) is 3.70. The van der Waals surface area contributed by atoms with Gasteiger partial charge >= 0.3 is 0 Å². The fraction of sp³-hybridized carbons (Fsp3) is 0.333. The van der Waals surface area contributed by atoms with Crippen LogP contribution >= 0.6 is 0 Å². The minimum Gasteiger partial charge on any atom is -0.204 e. The van der Waals surface area contributed by atoms with E-state index in [0.717, 1.165) is 17.9 Å². The van der Waals surface area contributed by atoms with Gasteiger partial charge in [-0.2, -0.15) is 0 Å². The van der Waals surface area contributed by atoms with Gasteiger partial charge in [0, 0.05) is 0 Å². The number of halogens is 2. The molecule has 0 spiro atoms. The van der Waals surface area contributed by atoms with Gasteiger partial charge in [0.2, 0.25) is 0 Å². The number of benzene rings is 2. The van der Waals surface area contributed by atoms with Crippen molar-refractivity contribution in [2.45, 2.75) is 44.4 Å². The summed E-state index contributed by atoms with van der Waals surface area (Å²) in [5.41, 5.74) is 3.00. The Morgan fingerprint density at radius 2 is 1.58 bits per heavy atom. The summed E-state index contributed by atoms with van der Waals surface area (Å²) in [4.78, 5) is 0. The van der Waals surface area contributed by atoms with Gasteiger partial charge in [-0.15, -0.1) is 0 Å². The molecule has 0 N–H and O–H groups in total. The van der Waals surface area contributed by atoms with Crippen molar-refractivity contribution in [3.63, 3.8) is 0 Å². The Balaban J connectivity index is 1.57. The molecule has 0 radical (unpaired) electrons. The Labute approximate surface area is 155 Å². The number of rotatable bonds is 6. The zero-order valence-electron chi connectivity index (χ0n) is 15.1. The molecule has 0 aromatic heterocycles. The average molecular weight is 352 g/mol. The first-order chi connectivity index (χ1) is 12.7. The summed E-state index contributed by atoms with van der Waals surface area (Å²) in [6.07, 6.45) is 13.5. The first kappa shape index (κ1) is 18.6. The van der Waals surface area contributed by atoms with Crippen LogP contribution in [-0.4, -0.2) is 0 Å². The predicted molar refractivity (Wildman–Crippen MR) is 105 cm³/mol. The Bertz CT molecular complexity index is 750. The number of hydrogen-bond donors (Lipinski definition) is 0. The van der Waals surface area contributed by atoms with Crippen molar-refractivity contribution in [2.75, 3.05) is 0 Å². The van der Waals surface area contributed by atoms with E-state index in [4.69, 9.17) is 0 Å². The third kappa shape index (κ3) is 4.69. The second kappa shape index (κ2) is 8.93. The third-order valence-electron chi connectivity index (χ3n) is 5.50. The molecule has 2 heteroatoms. The normalized spacial score (nSPS) is 20.4. The highest BCUT2D eigenvalue weighted by Crippen LogP contribution is 2.38. The summed E-state index contributed by atoms with van der Waals surface area (Å²) in [7, 11) is 0. The van der Waals surface area contributed by atoms with Crippen LogP contribution in [0.5, 0.6) is 0 Å². The van der Waals surface area contributed by atoms with Gasteiger partial charge in [0.25, 0.3) is 0 Å². The van der Waals surface area contributed by atoms with Gasteiger partial charge in [0.1, 0.15) is 0 Å². The van der Waals surface area contributed by atoms with E-state index < -0.39 is 11.6 Å². The highest BCUT2D eigenvalue weighted by atomic mass is 19.2. The molecule has 0 atom stereocenters. The number of hydrogen-bond acceptors (Lipinski definition) is 0. The van der Waals surface area contributed by atoms with Gasteiger partial charge in [-0.1, -0.05) is 55.1 Å². The van der Waals surface area contributed by atoms with Crippen LogP contribution in [-0.2, 0) is 0 Å². The van der Waals surface area contributed by atoms with E-state index >= 15 is 0 Å². The van der Waals surface area contributed by atoms with E-state index in [9.17, 15) is 8.78 Å². The van der Waals surface area contributed by atoms with E-state index in [-0.39, 0.29) is 0 Å². The van der Waals surface area contributed by atoms with Crippen molar-refractivity contribution < 1.29 is 8.78 Å². The summed E-state index contributed by atoms with van der Waals surface area (Å²) < 4.78 is 26.5. The van der Waals surface area contributed by atoms with Gasteiger partial charge in [-0.05, 0) is 79.2 Å². The van der Waals surface area contributed by atoms with Crippen LogP contribution in [0.25, 0.3) is 11.1 Å². The quantitative estimate of drug-likeness (QED) is 0.474. The van der Waals surface area contributed by atoms with Crippen LogP contribution in [0, 0.1) is 17.6 Å². The molecule has 1 saturated carbocycles. The van der Waals surface area contributed by atoms with Crippen molar-refractivity contribution in [2.24, 2.45) is 5.92 Å². The molecule has 0 amide bonds. The lowest BCUT2D eigenvalue weighted by molar-refractivity contribution is 0.312. The minimum absolute atomic E-state index is 0.619. The summed E-state index contributed by atoms with van der Waals surface area (Å²) in [5.74, 6) is -0.147. The van der Waals surface area contributed by atoms with E-state index in [1.165, 1.54) is 49.8 Å². The first-order valence-electron chi connectivity index (χ1n) is 9.50. The Hall–Kier alpha value is -2.22. The SMILES string of the molecule is C=C/C=C/CCC1CCC(c2ccc(-c3ccc(F)c(F)c3)cc2)CC1. The van der Waals surface area contributed by atoms with Crippen LogP contribution in [0.3, 0.4) is 0 Å². The average Bonchev–Trinajstić information content (AvgIpc) is 2.68. The lowest BCUT2D eigenvalue weighted by atomic mass is 9.77. The van der Waals surface area contributed by atoms with E-state index in [0.29, 0.717) is 11.5 Å². The van der Waals surface area contributed by atoms with Crippen LogP contribution in [0.4, 0.5) is 8.78 Å². The second-order valence-electron chi connectivity index (χ2n) is 7.21. The molecule has 2 aromatic rings. The summed E-state index contributed by atoms with van der Waals surface area (Å²) >= 11 is 0. The van der Waals surface area contributed by atoms with E-state index in [1.54, 1.807) is 6.07 Å². The van der Waals surface area contributed by atoms with Crippen molar-refractivity contribution in [1.82, 2.24) is 0 Å². The molecule has 3 rings (SSSR count).